The van der Waals surface area contributed by atoms with Gasteiger partial charge in [-0.25, -0.2) is 23.1 Å². The van der Waals surface area contributed by atoms with E-state index in [1.54, 1.807) is 25.9 Å². The maximum absolute atomic E-state index is 15.4. The summed E-state index contributed by atoms with van der Waals surface area (Å²) in [6.45, 7) is 11.4. The van der Waals surface area contributed by atoms with Crippen molar-refractivity contribution in [3.8, 4) is 17.2 Å². The summed E-state index contributed by atoms with van der Waals surface area (Å²) >= 11 is 0. The molecule has 3 N–H and O–H groups in total. The zero-order valence-electron chi connectivity index (χ0n) is 29.8. The molecule has 0 spiro atoms. The Morgan fingerprint density at radius 2 is 1.69 bits per heavy atom. The van der Waals surface area contributed by atoms with Gasteiger partial charge in [-0.05, 0) is 62.4 Å². The molecule has 1 aliphatic heterocycles. The first kappa shape index (κ1) is 39.1. The molecule has 52 heavy (non-hydrogen) atoms. The van der Waals surface area contributed by atoms with E-state index in [9.17, 15) is 23.6 Å². The Labute approximate surface area is 299 Å². The number of benzene rings is 2. The van der Waals surface area contributed by atoms with E-state index in [4.69, 9.17) is 15.2 Å². The van der Waals surface area contributed by atoms with Gasteiger partial charge in [0.1, 0.15) is 22.9 Å². The smallest absolute Gasteiger partial charge is 0.335 e. The number of nitrogen functional groups attached to an aromatic ring is 1. The van der Waals surface area contributed by atoms with Crippen molar-refractivity contribution in [3.05, 3.63) is 111 Å². The number of nitrogens with two attached hydrogens (primary N) is 1. The lowest BCUT2D eigenvalue weighted by atomic mass is 10.2. The van der Waals surface area contributed by atoms with Crippen molar-refractivity contribution in [2.75, 3.05) is 57.5 Å². The molecular weight excluding hydrogens is 676 g/mol. The number of methoxy groups -OCH3 is 1. The largest absolute Gasteiger partial charge is 0.453 e. The zero-order chi connectivity index (χ0) is 37.9. The summed E-state index contributed by atoms with van der Waals surface area (Å²) in [7, 11) is 1.65. The first-order chi connectivity index (χ1) is 25.0. The first-order valence-corrected chi connectivity index (χ1v) is 16.8. The van der Waals surface area contributed by atoms with E-state index in [0.29, 0.717) is 19.7 Å². The van der Waals surface area contributed by atoms with Crippen molar-refractivity contribution in [3.63, 3.8) is 0 Å². The molecule has 276 valence electrons. The van der Waals surface area contributed by atoms with Gasteiger partial charge in [0.15, 0.2) is 11.6 Å². The third-order valence-electron chi connectivity index (χ3n) is 8.08. The minimum absolute atomic E-state index is 0.00263. The number of nitrogens with one attached hydrogen (secondary N) is 1. The highest BCUT2D eigenvalue weighted by molar-refractivity contribution is 6.04. The zero-order valence-corrected chi connectivity index (χ0v) is 29.8. The van der Waals surface area contributed by atoms with Crippen LogP contribution < -0.4 is 27.0 Å². The van der Waals surface area contributed by atoms with Gasteiger partial charge in [0.2, 0.25) is 5.91 Å². The summed E-state index contributed by atoms with van der Waals surface area (Å²) in [5, 5.41) is 2.49. The quantitative estimate of drug-likeness (QED) is 0.210. The molecule has 0 bridgehead atoms. The van der Waals surface area contributed by atoms with Crippen molar-refractivity contribution in [1.82, 2.24) is 23.9 Å². The van der Waals surface area contributed by atoms with Gasteiger partial charge in [-0.1, -0.05) is 13.8 Å². The second-order valence-corrected chi connectivity index (χ2v) is 11.7. The average molecular weight is 720 g/mol. The van der Waals surface area contributed by atoms with Crippen LogP contribution in [0.2, 0.25) is 0 Å². The predicted octanol–water partition coefficient (Wildman–Crippen LogP) is 4.71. The first-order valence-electron chi connectivity index (χ1n) is 16.8. The van der Waals surface area contributed by atoms with Crippen LogP contribution in [0.5, 0.6) is 11.5 Å². The monoisotopic (exact) mass is 719 g/mol. The van der Waals surface area contributed by atoms with Crippen LogP contribution in [0.3, 0.4) is 0 Å². The third-order valence-corrected chi connectivity index (χ3v) is 8.08. The summed E-state index contributed by atoms with van der Waals surface area (Å²) in [5.74, 6) is -2.55. The highest BCUT2D eigenvalue weighted by atomic mass is 19.1. The number of pyridine rings is 1. The fourth-order valence-electron chi connectivity index (χ4n) is 5.29. The summed E-state index contributed by atoms with van der Waals surface area (Å²) < 4.78 is 41.8. The second-order valence-electron chi connectivity index (χ2n) is 11.7. The van der Waals surface area contributed by atoms with Crippen molar-refractivity contribution >= 4 is 29.4 Å². The molecule has 5 rings (SSSR count). The molecule has 1 aliphatic rings. The summed E-state index contributed by atoms with van der Waals surface area (Å²) in [6.07, 6.45) is 5.35. The highest BCUT2D eigenvalue weighted by Gasteiger charge is 2.22. The van der Waals surface area contributed by atoms with E-state index in [0.717, 1.165) is 48.6 Å². The Bertz CT molecular complexity index is 2020. The number of rotatable bonds is 11. The molecular formula is C37H43F2N7O6. The molecule has 3 heterocycles. The van der Waals surface area contributed by atoms with E-state index in [1.807, 2.05) is 13.8 Å². The van der Waals surface area contributed by atoms with Crippen LogP contribution in [0.1, 0.15) is 49.7 Å². The molecule has 0 aliphatic carbocycles. The Balaban J connectivity index is 0.00000297. The molecule has 0 unspecified atom stereocenters. The predicted molar refractivity (Wildman–Crippen MR) is 195 cm³/mol. The number of piperazine rings is 1. The van der Waals surface area contributed by atoms with Crippen LogP contribution in [0.25, 0.3) is 11.8 Å². The van der Waals surface area contributed by atoms with Crippen LogP contribution in [-0.2, 0) is 9.53 Å². The molecule has 0 saturated carbocycles. The number of anilines is 2. The summed E-state index contributed by atoms with van der Waals surface area (Å²) in [6, 6.07) is 9.36. The number of halogens is 2. The van der Waals surface area contributed by atoms with E-state index < -0.39 is 40.4 Å². The molecule has 1 saturated heterocycles. The highest BCUT2D eigenvalue weighted by Crippen LogP contribution is 2.32. The third kappa shape index (κ3) is 9.35. The minimum atomic E-state index is -0.935. The van der Waals surface area contributed by atoms with E-state index in [1.165, 1.54) is 53.2 Å². The van der Waals surface area contributed by atoms with Gasteiger partial charge in [-0.15, -0.1) is 0 Å². The molecule has 1 fully saturated rings. The molecule has 0 radical (unpaired) electrons. The number of amides is 2. The van der Waals surface area contributed by atoms with Gasteiger partial charge < -0.3 is 25.4 Å². The fraction of sp³-hybridized carbons (Fsp3) is 0.324. The van der Waals surface area contributed by atoms with Gasteiger partial charge in [-0.2, -0.15) is 0 Å². The van der Waals surface area contributed by atoms with E-state index in [-0.39, 0.29) is 40.2 Å². The van der Waals surface area contributed by atoms with Gasteiger partial charge in [0.05, 0.1) is 17.9 Å². The van der Waals surface area contributed by atoms with Gasteiger partial charge in [-0.3, -0.25) is 23.9 Å². The van der Waals surface area contributed by atoms with Crippen molar-refractivity contribution in [2.45, 2.75) is 33.7 Å². The van der Waals surface area contributed by atoms with Crippen LogP contribution in [0.4, 0.5) is 20.3 Å². The molecule has 15 heteroatoms. The summed E-state index contributed by atoms with van der Waals surface area (Å²) in [5.41, 5.74) is 4.39. The minimum Gasteiger partial charge on any atom is -0.453 e. The number of ether oxygens (including phenoxy) is 2. The van der Waals surface area contributed by atoms with Crippen LogP contribution >= 0.6 is 0 Å². The Kier molecular flexibility index (Phi) is 13.5. The molecule has 13 nitrogen and oxygen atoms in total. The number of carbonyl (C=O) groups is 2. The van der Waals surface area contributed by atoms with Gasteiger partial charge >= 0.3 is 5.69 Å². The normalized spacial score (nSPS) is 13.2. The second kappa shape index (κ2) is 18.0. The molecule has 2 aromatic carbocycles. The molecule has 0 atom stereocenters. The van der Waals surface area contributed by atoms with E-state index in [2.05, 4.69) is 15.2 Å². The average Bonchev–Trinajstić information content (AvgIpc) is 3.13. The molecule has 4 aromatic rings. The Morgan fingerprint density at radius 1 is 1.00 bits per heavy atom. The maximum Gasteiger partial charge on any atom is 0.335 e. The van der Waals surface area contributed by atoms with Gasteiger partial charge in [0.25, 0.3) is 11.5 Å². The SMILES string of the molecule is CC.COCCN1CCN(C(=O)/C=C/c2c(Oc3ccc(NC(=O)c4cn(C(C)C)c(=O)n(-c5ccc(F)cc5)c4=O)cc3F)ccnc2N)CC1. The van der Waals surface area contributed by atoms with Crippen molar-refractivity contribution in [2.24, 2.45) is 0 Å². The lowest BCUT2D eigenvalue weighted by Gasteiger charge is -2.34. The number of hydrogen-bond donors (Lipinski definition) is 2. The molecule has 2 amide bonds. The Hall–Kier alpha value is -5.67. The number of nitrogens with zero attached hydrogens (tertiary/aromatic N) is 5. The topological polar surface area (TPSA) is 154 Å². The fourth-order valence-corrected chi connectivity index (χ4v) is 5.29. The lowest BCUT2D eigenvalue weighted by molar-refractivity contribution is -0.127. The molecule has 2 aromatic heterocycles. The van der Waals surface area contributed by atoms with Crippen LogP contribution in [-0.4, -0.2) is 82.2 Å². The number of hydrogen-bond acceptors (Lipinski definition) is 9. The lowest BCUT2D eigenvalue weighted by Crippen LogP contribution is -2.48. The Morgan fingerprint density at radius 3 is 2.33 bits per heavy atom. The van der Waals surface area contributed by atoms with Crippen molar-refractivity contribution < 1.29 is 27.8 Å². The standard InChI is InChI=1S/C35H37F2N7O6.C2H6/c1-22(2)43-21-27(34(47)44(35(43)48)25-7-4-23(36)5-8-25)33(46)40-24-6-10-30(28(37)20-24)50-29-12-13-39-32(38)26(29)9-11-31(45)42-16-14-41(15-17-42)18-19-49-3;1-2/h4-13,20-22H,14-19H2,1-3H3,(H2,38,39)(H,40,46);1-2H3/b11-9+;. The van der Waals surface area contributed by atoms with Crippen molar-refractivity contribution in [1.29, 1.82) is 0 Å². The van der Waals surface area contributed by atoms with Gasteiger partial charge in [0, 0.05) is 76.1 Å². The van der Waals surface area contributed by atoms with Crippen LogP contribution in [0, 0.1) is 11.6 Å². The summed E-state index contributed by atoms with van der Waals surface area (Å²) in [4.78, 5) is 60.7. The maximum atomic E-state index is 15.4. The number of carbonyl (C=O) groups excluding carboxylic acids is 2. The van der Waals surface area contributed by atoms with Crippen LogP contribution in [0.15, 0.2) is 76.6 Å². The van der Waals surface area contributed by atoms with E-state index >= 15 is 4.39 Å². The number of aromatic nitrogens is 3.